The highest BCUT2D eigenvalue weighted by molar-refractivity contribution is 5.93. The molecule has 4 rings (SSSR count). The van der Waals surface area contributed by atoms with E-state index in [1.165, 1.54) is 36.4 Å². The molecule has 34 heavy (non-hydrogen) atoms. The average Bonchev–Trinajstić information content (AvgIpc) is 3.29. The molecule has 178 valence electrons. The van der Waals surface area contributed by atoms with Crippen molar-refractivity contribution < 1.29 is 33.9 Å². The number of hydrogen-bond acceptors (Lipinski definition) is 10. The topological polar surface area (TPSA) is 160 Å². The van der Waals surface area contributed by atoms with Gasteiger partial charge in [0.25, 0.3) is 11.6 Å². The van der Waals surface area contributed by atoms with Crippen LogP contribution >= 0.6 is 0 Å². The minimum Gasteiger partial charge on any atom is -0.508 e. The lowest BCUT2D eigenvalue weighted by atomic mass is 10.1. The molecule has 1 aliphatic heterocycles. The van der Waals surface area contributed by atoms with E-state index in [-0.39, 0.29) is 45.7 Å². The van der Waals surface area contributed by atoms with E-state index in [1.54, 1.807) is 0 Å². The zero-order chi connectivity index (χ0) is 24.1. The number of rotatable bonds is 8. The lowest BCUT2D eigenvalue weighted by molar-refractivity contribution is -0.384. The standard InChI is InChI=1S/C22H22N4O8/c27-15-11-18(28)21(19(12-15)33-16-3-1-14(2-4-16)26(30)31)20-13-17(24-34-20)22(29)23-5-6-25-7-9-32-10-8-25/h1-4,11-13,27-28H,5-10H2,(H,23,29). The van der Waals surface area contributed by atoms with Crippen molar-refractivity contribution in [2.75, 3.05) is 39.4 Å². The van der Waals surface area contributed by atoms with E-state index >= 15 is 0 Å². The molecule has 1 amide bonds. The molecule has 3 aromatic rings. The van der Waals surface area contributed by atoms with E-state index in [0.29, 0.717) is 26.3 Å². The molecule has 0 atom stereocenters. The van der Waals surface area contributed by atoms with Gasteiger partial charge in [-0.25, -0.2) is 0 Å². The predicted octanol–water partition coefficient (Wildman–Crippen LogP) is 2.52. The number of non-ortho nitro benzene ring substituents is 1. The molecule has 0 bridgehead atoms. The molecular weight excluding hydrogens is 448 g/mol. The van der Waals surface area contributed by atoms with Crippen molar-refractivity contribution in [3.8, 4) is 34.3 Å². The molecule has 2 heterocycles. The van der Waals surface area contributed by atoms with Crippen LogP contribution in [0.2, 0.25) is 0 Å². The number of aromatic nitrogens is 1. The number of morpholine rings is 1. The van der Waals surface area contributed by atoms with Crippen LogP contribution in [0.5, 0.6) is 23.0 Å². The number of carbonyl (C=O) groups excluding carboxylic acids is 1. The Morgan fingerprint density at radius 3 is 2.62 bits per heavy atom. The molecule has 12 nitrogen and oxygen atoms in total. The Morgan fingerprint density at radius 1 is 1.18 bits per heavy atom. The number of nitro benzene ring substituents is 1. The highest BCUT2D eigenvalue weighted by Crippen LogP contribution is 2.43. The monoisotopic (exact) mass is 470 g/mol. The second kappa shape index (κ2) is 10.2. The first-order valence-electron chi connectivity index (χ1n) is 10.4. The van der Waals surface area contributed by atoms with Gasteiger partial charge in [-0.05, 0) is 12.1 Å². The van der Waals surface area contributed by atoms with Crippen molar-refractivity contribution in [3.05, 3.63) is 58.3 Å². The summed E-state index contributed by atoms with van der Waals surface area (Å²) in [6.07, 6.45) is 0. The molecule has 1 fully saturated rings. The Morgan fingerprint density at radius 2 is 1.91 bits per heavy atom. The summed E-state index contributed by atoms with van der Waals surface area (Å²) in [7, 11) is 0. The second-order valence-electron chi connectivity index (χ2n) is 7.48. The highest BCUT2D eigenvalue weighted by atomic mass is 16.6. The number of benzene rings is 2. The molecule has 0 spiro atoms. The third-order valence-electron chi connectivity index (χ3n) is 5.15. The van der Waals surface area contributed by atoms with Crippen LogP contribution in [0.25, 0.3) is 11.3 Å². The minimum absolute atomic E-state index is 0.00165. The smallest absolute Gasteiger partial charge is 0.273 e. The van der Waals surface area contributed by atoms with Crippen molar-refractivity contribution in [1.82, 2.24) is 15.4 Å². The van der Waals surface area contributed by atoms with Crippen LogP contribution in [-0.2, 0) is 4.74 Å². The van der Waals surface area contributed by atoms with Crippen molar-refractivity contribution in [1.29, 1.82) is 0 Å². The number of hydrogen-bond donors (Lipinski definition) is 3. The number of carbonyl (C=O) groups is 1. The fourth-order valence-corrected chi connectivity index (χ4v) is 3.42. The summed E-state index contributed by atoms with van der Waals surface area (Å²) < 4.78 is 16.3. The van der Waals surface area contributed by atoms with Gasteiger partial charge in [0.15, 0.2) is 11.5 Å². The van der Waals surface area contributed by atoms with Gasteiger partial charge in [0.1, 0.15) is 28.6 Å². The van der Waals surface area contributed by atoms with Crippen LogP contribution in [0, 0.1) is 10.1 Å². The van der Waals surface area contributed by atoms with Gasteiger partial charge in [0.05, 0.1) is 18.1 Å². The van der Waals surface area contributed by atoms with Crippen LogP contribution < -0.4 is 10.1 Å². The SMILES string of the molecule is O=C(NCCN1CCOCC1)c1cc(-c2c(O)cc(O)cc2Oc2ccc([N+](=O)[O-])cc2)on1. The van der Waals surface area contributed by atoms with Crippen molar-refractivity contribution in [2.24, 2.45) is 0 Å². The first kappa shape index (κ1) is 23.0. The summed E-state index contributed by atoms with van der Waals surface area (Å²) in [5, 5.41) is 37.7. The Bertz CT molecular complexity index is 1170. The van der Waals surface area contributed by atoms with Gasteiger partial charge in [-0.15, -0.1) is 0 Å². The zero-order valence-electron chi connectivity index (χ0n) is 18.0. The van der Waals surface area contributed by atoms with Crippen LogP contribution in [0.1, 0.15) is 10.5 Å². The number of amides is 1. The minimum atomic E-state index is -0.544. The van der Waals surface area contributed by atoms with E-state index in [9.17, 15) is 25.1 Å². The Kier molecular flexibility index (Phi) is 6.90. The van der Waals surface area contributed by atoms with E-state index in [2.05, 4.69) is 15.4 Å². The number of phenolic OH excluding ortho intramolecular Hbond substituents is 2. The zero-order valence-corrected chi connectivity index (χ0v) is 18.0. The van der Waals surface area contributed by atoms with Crippen molar-refractivity contribution >= 4 is 11.6 Å². The molecule has 0 radical (unpaired) electrons. The van der Waals surface area contributed by atoms with Gasteiger partial charge in [-0.2, -0.15) is 0 Å². The first-order chi connectivity index (χ1) is 16.4. The molecule has 0 unspecified atom stereocenters. The highest BCUT2D eigenvalue weighted by Gasteiger charge is 2.22. The predicted molar refractivity (Wildman–Crippen MR) is 118 cm³/mol. The first-order valence-corrected chi connectivity index (χ1v) is 10.4. The van der Waals surface area contributed by atoms with Gasteiger partial charge in [0, 0.05) is 56.5 Å². The lowest BCUT2D eigenvalue weighted by Gasteiger charge is -2.26. The number of nitrogens with one attached hydrogen (secondary N) is 1. The Hall–Kier alpha value is -4.16. The number of nitro groups is 1. The van der Waals surface area contributed by atoms with E-state index in [0.717, 1.165) is 19.2 Å². The third-order valence-corrected chi connectivity index (χ3v) is 5.15. The molecular formula is C22H22N4O8. The molecule has 1 aliphatic rings. The summed E-state index contributed by atoms with van der Waals surface area (Å²) in [4.78, 5) is 24.9. The average molecular weight is 470 g/mol. The van der Waals surface area contributed by atoms with E-state index in [1.807, 2.05) is 0 Å². The van der Waals surface area contributed by atoms with Crippen LogP contribution in [0.3, 0.4) is 0 Å². The van der Waals surface area contributed by atoms with Crippen LogP contribution in [0.15, 0.2) is 47.0 Å². The number of ether oxygens (including phenoxy) is 2. The Labute approximate surface area is 193 Å². The summed E-state index contributed by atoms with van der Waals surface area (Å²) in [6, 6.07) is 8.92. The molecule has 1 aromatic heterocycles. The third kappa shape index (κ3) is 5.42. The molecule has 12 heteroatoms. The molecule has 3 N–H and O–H groups in total. The summed E-state index contributed by atoms with van der Waals surface area (Å²) in [5.41, 5.74) is -0.0624. The van der Waals surface area contributed by atoms with Gasteiger partial charge in [-0.1, -0.05) is 5.16 Å². The number of phenols is 2. The van der Waals surface area contributed by atoms with Gasteiger partial charge >= 0.3 is 0 Å². The maximum absolute atomic E-state index is 12.5. The summed E-state index contributed by atoms with van der Waals surface area (Å²) in [6.45, 7) is 4.04. The quantitative estimate of drug-likeness (QED) is 0.329. The summed E-state index contributed by atoms with van der Waals surface area (Å²) >= 11 is 0. The molecule has 0 saturated carbocycles. The molecule has 2 aromatic carbocycles. The van der Waals surface area contributed by atoms with Gasteiger partial charge < -0.3 is 29.5 Å². The lowest BCUT2D eigenvalue weighted by Crippen LogP contribution is -2.41. The Balaban J connectivity index is 1.49. The van der Waals surface area contributed by atoms with E-state index < -0.39 is 10.8 Å². The molecule has 1 saturated heterocycles. The normalized spacial score (nSPS) is 14.0. The maximum atomic E-state index is 12.5. The van der Waals surface area contributed by atoms with Crippen LogP contribution in [-0.4, -0.2) is 70.5 Å². The fraction of sp³-hybridized carbons (Fsp3) is 0.273. The van der Waals surface area contributed by atoms with Gasteiger partial charge in [0.2, 0.25) is 0 Å². The second-order valence-corrected chi connectivity index (χ2v) is 7.48. The van der Waals surface area contributed by atoms with Crippen LogP contribution in [0.4, 0.5) is 5.69 Å². The largest absolute Gasteiger partial charge is 0.508 e. The fourth-order valence-electron chi connectivity index (χ4n) is 3.42. The van der Waals surface area contributed by atoms with E-state index in [4.69, 9.17) is 14.0 Å². The molecule has 0 aliphatic carbocycles. The maximum Gasteiger partial charge on any atom is 0.273 e. The van der Waals surface area contributed by atoms with Gasteiger partial charge in [-0.3, -0.25) is 19.8 Å². The van der Waals surface area contributed by atoms with Crippen molar-refractivity contribution in [2.45, 2.75) is 0 Å². The number of nitrogens with zero attached hydrogens (tertiary/aromatic N) is 3. The van der Waals surface area contributed by atoms with Crippen molar-refractivity contribution in [3.63, 3.8) is 0 Å². The number of aromatic hydroxyl groups is 2. The summed E-state index contributed by atoms with van der Waals surface area (Å²) in [5.74, 6) is -0.836.